The number of amides is 1. The minimum atomic E-state index is -0.596. The molecule has 98 valence electrons. The van der Waals surface area contributed by atoms with Gasteiger partial charge in [-0.1, -0.05) is 18.2 Å². The fourth-order valence-electron chi connectivity index (χ4n) is 2.02. The van der Waals surface area contributed by atoms with Crippen LogP contribution in [0.15, 0.2) is 24.3 Å². The summed E-state index contributed by atoms with van der Waals surface area (Å²) in [5.41, 5.74) is 6.27. The van der Waals surface area contributed by atoms with Gasteiger partial charge in [0.05, 0.1) is 13.2 Å². The standard InChI is InChI=1S/C13H17FN2O2/c14-11-4-2-1-3-10(11)12(15)9-13(17)16-5-7-18-8-6-16/h1-4,12H,5-9,15H2. The van der Waals surface area contributed by atoms with Crippen molar-refractivity contribution in [3.05, 3.63) is 35.6 Å². The smallest absolute Gasteiger partial charge is 0.224 e. The predicted molar refractivity (Wildman–Crippen MR) is 65.3 cm³/mol. The normalized spacial score (nSPS) is 17.6. The van der Waals surface area contributed by atoms with E-state index in [0.717, 1.165) is 0 Å². The zero-order valence-electron chi connectivity index (χ0n) is 10.1. The molecule has 4 nitrogen and oxygen atoms in total. The van der Waals surface area contributed by atoms with Crippen molar-refractivity contribution in [3.63, 3.8) is 0 Å². The summed E-state index contributed by atoms with van der Waals surface area (Å²) in [5.74, 6) is -0.408. The topological polar surface area (TPSA) is 55.6 Å². The van der Waals surface area contributed by atoms with Crippen LogP contribution in [0.2, 0.25) is 0 Å². The summed E-state index contributed by atoms with van der Waals surface area (Å²) in [7, 11) is 0. The fourth-order valence-corrected chi connectivity index (χ4v) is 2.02. The molecule has 18 heavy (non-hydrogen) atoms. The van der Waals surface area contributed by atoms with Crippen LogP contribution in [-0.2, 0) is 9.53 Å². The molecule has 5 heteroatoms. The van der Waals surface area contributed by atoms with Gasteiger partial charge in [-0.05, 0) is 6.07 Å². The molecule has 0 radical (unpaired) electrons. The van der Waals surface area contributed by atoms with Gasteiger partial charge in [0.25, 0.3) is 0 Å². The molecule has 1 aromatic rings. The second kappa shape index (κ2) is 5.93. The summed E-state index contributed by atoms with van der Waals surface area (Å²) in [6.45, 7) is 2.28. The molecule has 2 rings (SSSR count). The van der Waals surface area contributed by atoms with Gasteiger partial charge >= 0.3 is 0 Å². The van der Waals surface area contributed by atoms with Crippen molar-refractivity contribution in [2.24, 2.45) is 5.73 Å². The highest BCUT2D eigenvalue weighted by Crippen LogP contribution is 2.18. The molecule has 1 fully saturated rings. The molecule has 2 N–H and O–H groups in total. The van der Waals surface area contributed by atoms with Crippen molar-refractivity contribution in [1.82, 2.24) is 4.90 Å². The van der Waals surface area contributed by atoms with Gasteiger partial charge in [0, 0.05) is 31.1 Å². The van der Waals surface area contributed by atoms with Gasteiger partial charge < -0.3 is 15.4 Å². The van der Waals surface area contributed by atoms with E-state index in [2.05, 4.69) is 0 Å². The van der Waals surface area contributed by atoms with Crippen LogP contribution in [0.1, 0.15) is 18.0 Å². The molecule has 1 heterocycles. The molecule has 0 aliphatic carbocycles. The van der Waals surface area contributed by atoms with E-state index in [1.165, 1.54) is 6.07 Å². The van der Waals surface area contributed by atoms with Crippen LogP contribution in [0.3, 0.4) is 0 Å². The lowest BCUT2D eigenvalue weighted by atomic mass is 10.0. The Labute approximate surface area is 106 Å². The Morgan fingerprint density at radius 1 is 1.39 bits per heavy atom. The Morgan fingerprint density at radius 2 is 2.06 bits per heavy atom. The zero-order chi connectivity index (χ0) is 13.0. The SMILES string of the molecule is NC(CC(=O)N1CCOCC1)c1ccccc1F. The Bertz CT molecular complexity index is 419. The average molecular weight is 252 g/mol. The number of benzene rings is 1. The molecule has 1 aliphatic rings. The maximum Gasteiger partial charge on any atom is 0.224 e. The highest BCUT2D eigenvalue weighted by molar-refractivity contribution is 5.77. The molecular formula is C13H17FN2O2. The van der Waals surface area contributed by atoms with E-state index in [4.69, 9.17) is 10.5 Å². The van der Waals surface area contributed by atoms with E-state index in [1.807, 2.05) is 0 Å². The molecule has 0 aromatic heterocycles. The molecule has 0 saturated carbocycles. The van der Waals surface area contributed by atoms with Crippen LogP contribution >= 0.6 is 0 Å². The van der Waals surface area contributed by atoms with Crippen LogP contribution < -0.4 is 5.73 Å². The minimum absolute atomic E-state index is 0.0472. The predicted octanol–water partition coefficient (Wildman–Crippen LogP) is 1.07. The Morgan fingerprint density at radius 3 is 2.72 bits per heavy atom. The first-order valence-electron chi connectivity index (χ1n) is 6.04. The van der Waals surface area contributed by atoms with Gasteiger partial charge in [-0.3, -0.25) is 4.79 Å². The first-order valence-corrected chi connectivity index (χ1v) is 6.04. The largest absolute Gasteiger partial charge is 0.378 e. The van der Waals surface area contributed by atoms with Gasteiger partial charge in [0.15, 0.2) is 0 Å². The van der Waals surface area contributed by atoms with E-state index in [9.17, 15) is 9.18 Å². The highest BCUT2D eigenvalue weighted by atomic mass is 19.1. The second-order valence-electron chi connectivity index (χ2n) is 4.33. The Hall–Kier alpha value is -1.46. The van der Waals surface area contributed by atoms with Crippen molar-refractivity contribution in [1.29, 1.82) is 0 Å². The van der Waals surface area contributed by atoms with Gasteiger partial charge in [0.2, 0.25) is 5.91 Å². The number of hydrogen-bond acceptors (Lipinski definition) is 3. The van der Waals surface area contributed by atoms with E-state index >= 15 is 0 Å². The van der Waals surface area contributed by atoms with Crippen molar-refractivity contribution < 1.29 is 13.9 Å². The first-order chi connectivity index (χ1) is 8.68. The number of halogens is 1. The number of nitrogens with two attached hydrogens (primary N) is 1. The third-order valence-corrected chi connectivity index (χ3v) is 3.06. The van der Waals surface area contributed by atoms with Crippen LogP contribution in [0.5, 0.6) is 0 Å². The molecule has 1 aliphatic heterocycles. The zero-order valence-corrected chi connectivity index (χ0v) is 10.1. The Kier molecular flexibility index (Phi) is 4.28. The van der Waals surface area contributed by atoms with E-state index in [0.29, 0.717) is 31.9 Å². The minimum Gasteiger partial charge on any atom is -0.378 e. The van der Waals surface area contributed by atoms with Crippen LogP contribution in [0.4, 0.5) is 4.39 Å². The lowest BCUT2D eigenvalue weighted by molar-refractivity contribution is -0.135. The van der Waals surface area contributed by atoms with Crippen molar-refractivity contribution in [2.45, 2.75) is 12.5 Å². The average Bonchev–Trinajstić information content (AvgIpc) is 2.40. The Balaban J connectivity index is 1.96. The lowest BCUT2D eigenvalue weighted by Crippen LogP contribution is -2.41. The number of rotatable bonds is 3. The number of nitrogens with zero attached hydrogens (tertiary/aromatic N) is 1. The maximum absolute atomic E-state index is 13.5. The van der Waals surface area contributed by atoms with E-state index in [1.54, 1.807) is 23.1 Å². The number of hydrogen-bond donors (Lipinski definition) is 1. The van der Waals surface area contributed by atoms with Crippen LogP contribution in [0, 0.1) is 5.82 Å². The van der Waals surface area contributed by atoms with Gasteiger partial charge in [-0.15, -0.1) is 0 Å². The third kappa shape index (κ3) is 3.05. The fraction of sp³-hybridized carbons (Fsp3) is 0.462. The monoisotopic (exact) mass is 252 g/mol. The molecule has 1 unspecified atom stereocenters. The molecule has 1 atom stereocenters. The number of ether oxygens (including phenoxy) is 1. The summed E-state index contributed by atoms with van der Waals surface area (Å²) in [6.07, 6.45) is 0.126. The van der Waals surface area contributed by atoms with Gasteiger partial charge in [-0.2, -0.15) is 0 Å². The maximum atomic E-state index is 13.5. The second-order valence-corrected chi connectivity index (χ2v) is 4.33. The number of morpholine rings is 1. The quantitative estimate of drug-likeness (QED) is 0.875. The van der Waals surface area contributed by atoms with E-state index < -0.39 is 6.04 Å². The molecule has 0 bridgehead atoms. The lowest BCUT2D eigenvalue weighted by Gasteiger charge is -2.28. The molecule has 1 saturated heterocycles. The van der Waals surface area contributed by atoms with Gasteiger partial charge in [-0.25, -0.2) is 4.39 Å². The van der Waals surface area contributed by atoms with Crippen molar-refractivity contribution in [3.8, 4) is 0 Å². The molecule has 1 amide bonds. The van der Waals surface area contributed by atoms with Crippen LogP contribution in [-0.4, -0.2) is 37.1 Å². The van der Waals surface area contributed by atoms with Crippen molar-refractivity contribution in [2.75, 3.05) is 26.3 Å². The van der Waals surface area contributed by atoms with Crippen LogP contribution in [0.25, 0.3) is 0 Å². The summed E-state index contributed by atoms with van der Waals surface area (Å²) in [4.78, 5) is 13.7. The summed E-state index contributed by atoms with van der Waals surface area (Å²) >= 11 is 0. The summed E-state index contributed by atoms with van der Waals surface area (Å²) in [6, 6.07) is 5.70. The molecular weight excluding hydrogens is 235 g/mol. The number of carbonyl (C=O) groups excluding carboxylic acids is 1. The third-order valence-electron chi connectivity index (χ3n) is 3.06. The highest BCUT2D eigenvalue weighted by Gasteiger charge is 2.21. The number of carbonyl (C=O) groups is 1. The summed E-state index contributed by atoms with van der Waals surface area (Å²) < 4.78 is 18.7. The van der Waals surface area contributed by atoms with Crippen molar-refractivity contribution >= 4 is 5.91 Å². The molecule has 1 aromatic carbocycles. The summed E-state index contributed by atoms with van der Waals surface area (Å²) in [5, 5.41) is 0. The first kappa shape index (κ1) is 13.0. The molecule has 0 spiro atoms. The van der Waals surface area contributed by atoms with Gasteiger partial charge in [0.1, 0.15) is 5.82 Å². The van der Waals surface area contributed by atoms with E-state index in [-0.39, 0.29) is 18.1 Å².